The number of nitrogens with zero attached hydrogens (tertiary/aromatic N) is 1. The standard InChI is InChI=1S/C13H12FN3O/c1-15-12-11(7-9(14)8-16-12)13(18)17-10-5-3-2-4-6-10/h2-8H,1H3,(H,15,16)(H,17,18). The number of benzene rings is 1. The SMILES string of the molecule is CNc1ncc(F)cc1C(=O)Nc1ccccc1. The number of carbonyl (C=O) groups excluding carboxylic acids is 1. The molecule has 5 heteroatoms. The number of carbonyl (C=O) groups is 1. The van der Waals surface area contributed by atoms with Gasteiger partial charge >= 0.3 is 0 Å². The highest BCUT2D eigenvalue weighted by Crippen LogP contribution is 2.15. The van der Waals surface area contributed by atoms with Crippen molar-refractivity contribution in [1.82, 2.24) is 4.98 Å². The molecule has 1 aromatic heterocycles. The summed E-state index contributed by atoms with van der Waals surface area (Å²) in [6.45, 7) is 0. The first-order valence-corrected chi connectivity index (χ1v) is 5.40. The summed E-state index contributed by atoms with van der Waals surface area (Å²) < 4.78 is 13.1. The largest absolute Gasteiger partial charge is 0.372 e. The van der Waals surface area contributed by atoms with Crippen LogP contribution in [0.25, 0.3) is 0 Å². The maximum absolute atomic E-state index is 13.1. The van der Waals surface area contributed by atoms with E-state index in [1.807, 2.05) is 6.07 Å². The highest BCUT2D eigenvalue weighted by molar-refractivity contribution is 6.07. The van der Waals surface area contributed by atoms with Gasteiger partial charge in [-0.25, -0.2) is 9.37 Å². The van der Waals surface area contributed by atoms with Crippen LogP contribution in [0.4, 0.5) is 15.9 Å². The van der Waals surface area contributed by atoms with Crippen LogP contribution >= 0.6 is 0 Å². The van der Waals surface area contributed by atoms with E-state index in [2.05, 4.69) is 15.6 Å². The summed E-state index contributed by atoms with van der Waals surface area (Å²) in [6.07, 6.45) is 1.06. The molecule has 0 aliphatic rings. The molecule has 1 amide bonds. The average molecular weight is 245 g/mol. The lowest BCUT2D eigenvalue weighted by atomic mass is 10.2. The molecular formula is C13H12FN3O. The Balaban J connectivity index is 2.26. The van der Waals surface area contributed by atoms with Gasteiger partial charge in [-0.2, -0.15) is 0 Å². The Bertz CT molecular complexity index is 557. The number of rotatable bonds is 3. The first kappa shape index (κ1) is 12.0. The molecule has 0 radical (unpaired) electrons. The fourth-order valence-corrected chi connectivity index (χ4v) is 1.53. The van der Waals surface area contributed by atoms with Crippen molar-refractivity contribution in [2.24, 2.45) is 0 Å². The van der Waals surface area contributed by atoms with E-state index in [-0.39, 0.29) is 5.56 Å². The van der Waals surface area contributed by atoms with Gasteiger partial charge in [-0.1, -0.05) is 18.2 Å². The van der Waals surface area contributed by atoms with E-state index in [9.17, 15) is 9.18 Å². The van der Waals surface area contributed by atoms with Gasteiger partial charge in [-0.15, -0.1) is 0 Å². The molecule has 0 saturated carbocycles. The van der Waals surface area contributed by atoms with Crippen molar-refractivity contribution in [2.75, 3.05) is 17.7 Å². The van der Waals surface area contributed by atoms with Gasteiger partial charge < -0.3 is 10.6 Å². The topological polar surface area (TPSA) is 54.0 Å². The minimum absolute atomic E-state index is 0.168. The van der Waals surface area contributed by atoms with Crippen LogP contribution in [0.15, 0.2) is 42.6 Å². The number of hydrogen-bond donors (Lipinski definition) is 2. The molecule has 2 N–H and O–H groups in total. The summed E-state index contributed by atoms with van der Waals surface area (Å²) in [7, 11) is 1.62. The molecule has 0 saturated heterocycles. The zero-order chi connectivity index (χ0) is 13.0. The lowest BCUT2D eigenvalue weighted by Crippen LogP contribution is -2.15. The number of amides is 1. The summed E-state index contributed by atoms with van der Waals surface area (Å²) in [5, 5.41) is 5.43. The lowest BCUT2D eigenvalue weighted by Gasteiger charge is -2.08. The van der Waals surface area contributed by atoms with Gasteiger partial charge in [-0.05, 0) is 18.2 Å². The minimum Gasteiger partial charge on any atom is -0.372 e. The van der Waals surface area contributed by atoms with Gasteiger partial charge in [0.15, 0.2) is 0 Å². The molecule has 0 spiro atoms. The van der Waals surface area contributed by atoms with E-state index in [1.165, 1.54) is 0 Å². The van der Waals surface area contributed by atoms with Gasteiger partial charge in [0.25, 0.3) is 5.91 Å². The Morgan fingerprint density at radius 1 is 1.28 bits per heavy atom. The molecule has 0 bridgehead atoms. The van der Waals surface area contributed by atoms with Crippen LogP contribution in [0, 0.1) is 5.82 Å². The van der Waals surface area contributed by atoms with Crippen LogP contribution in [-0.4, -0.2) is 17.9 Å². The molecule has 2 aromatic rings. The van der Waals surface area contributed by atoms with Crippen molar-refractivity contribution in [2.45, 2.75) is 0 Å². The molecule has 92 valence electrons. The summed E-state index contributed by atoms with van der Waals surface area (Å²) in [5.41, 5.74) is 0.815. The average Bonchev–Trinajstić information content (AvgIpc) is 2.40. The second-order valence-electron chi connectivity index (χ2n) is 3.62. The van der Waals surface area contributed by atoms with Gasteiger partial charge in [0, 0.05) is 12.7 Å². The Kier molecular flexibility index (Phi) is 3.52. The van der Waals surface area contributed by atoms with Crippen molar-refractivity contribution in [3.8, 4) is 0 Å². The van der Waals surface area contributed by atoms with Crippen molar-refractivity contribution >= 4 is 17.4 Å². The van der Waals surface area contributed by atoms with E-state index in [0.29, 0.717) is 11.5 Å². The van der Waals surface area contributed by atoms with E-state index >= 15 is 0 Å². The van der Waals surface area contributed by atoms with Crippen molar-refractivity contribution in [3.05, 3.63) is 54.0 Å². The summed E-state index contributed by atoms with van der Waals surface area (Å²) in [4.78, 5) is 15.8. The van der Waals surface area contributed by atoms with Crippen LogP contribution in [-0.2, 0) is 0 Å². The van der Waals surface area contributed by atoms with E-state index in [1.54, 1.807) is 31.3 Å². The number of para-hydroxylation sites is 1. The highest BCUT2D eigenvalue weighted by Gasteiger charge is 2.13. The zero-order valence-electron chi connectivity index (χ0n) is 9.77. The molecule has 1 heterocycles. The number of hydrogen-bond acceptors (Lipinski definition) is 3. The monoisotopic (exact) mass is 245 g/mol. The number of aromatic nitrogens is 1. The Labute approximate surface area is 104 Å². The number of anilines is 2. The summed E-state index contributed by atoms with van der Waals surface area (Å²) in [6, 6.07) is 10.1. The third-order valence-corrected chi connectivity index (χ3v) is 2.37. The maximum Gasteiger partial charge on any atom is 0.259 e. The van der Waals surface area contributed by atoms with Gasteiger partial charge in [-0.3, -0.25) is 4.79 Å². The fourth-order valence-electron chi connectivity index (χ4n) is 1.53. The highest BCUT2D eigenvalue weighted by atomic mass is 19.1. The van der Waals surface area contributed by atoms with Crippen molar-refractivity contribution in [3.63, 3.8) is 0 Å². The quantitative estimate of drug-likeness (QED) is 0.873. The molecule has 0 aliphatic carbocycles. The predicted octanol–water partition coefficient (Wildman–Crippen LogP) is 2.51. The predicted molar refractivity (Wildman–Crippen MR) is 68.1 cm³/mol. The van der Waals surface area contributed by atoms with Crippen LogP contribution in [0.1, 0.15) is 10.4 Å². The van der Waals surface area contributed by atoms with Crippen molar-refractivity contribution in [1.29, 1.82) is 0 Å². The normalized spacial score (nSPS) is 9.89. The third-order valence-electron chi connectivity index (χ3n) is 2.37. The fraction of sp³-hybridized carbons (Fsp3) is 0.0769. The maximum atomic E-state index is 13.1. The molecule has 2 rings (SSSR count). The number of pyridine rings is 1. The zero-order valence-corrected chi connectivity index (χ0v) is 9.77. The lowest BCUT2D eigenvalue weighted by molar-refractivity contribution is 0.102. The Hall–Kier alpha value is -2.43. The Morgan fingerprint density at radius 2 is 2.00 bits per heavy atom. The Morgan fingerprint density at radius 3 is 2.67 bits per heavy atom. The van der Waals surface area contributed by atoms with E-state index < -0.39 is 11.7 Å². The molecule has 0 atom stereocenters. The molecule has 0 aliphatic heterocycles. The minimum atomic E-state index is -0.549. The first-order chi connectivity index (χ1) is 8.70. The van der Waals surface area contributed by atoms with Gasteiger partial charge in [0.05, 0.1) is 11.8 Å². The molecule has 0 unspecified atom stereocenters. The van der Waals surface area contributed by atoms with Crippen LogP contribution < -0.4 is 10.6 Å². The summed E-state index contributed by atoms with van der Waals surface area (Å²) in [5.74, 6) is -0.616. The summed E-state index contributed by atoms with van der Waals surface area (Å²) >= 11 is 0. The van der Waals surface area contributed by atoms with Crippen molar-refractivity contribution < 1.29 is 9.18 Å². The molecular weight excluding hydrogens is 233 g/mol. The van der Waals surface area contributed by atoms with Crippen LogP contribution in [0.5, 0.6) is 0 Å². The van der Waals surface area contributed by atoms with E-state index in [4.69, 9.17) is 0 Å². The molecule has 0 fully saturated rings. The first-order valence-electron chi connectivity index (χ1n) is 5.40. The van der Waals surface area contributed by atoms with Crippen LogP contribution in [0.2, 0.25) is 0 Å². The number of halogens is 1. The van der Waals surface area contributed by atoms with Gasteiger partial charge in [0.2, 0.25) is 0 Å². The smallest absolute Gasteiger partial charge is 0.259 e. The second kappa shape index (κ2) is 5.27. The molecule has 1 aromatic carbocycles. The third kappa shape index (κ3) is 2.63. The number of nitrogens with one attached hydrogen (secondary N) is 2. The van der Waals surface area contributed by atoms with Gasteiger partial charge in [0.1, 0.15) is 11.6 Å². The second-order valence-corrected chi connectivity index (χ2v) is 3.62. The van der Waals surface area contributed by atoms with Crippen LogP contribution in [0.3, 0.4) is 0 Å². The molecule has 4 nitrogen and oxygen atoms in total. The van der Waals surface area contributed by atoms with E-state index in [0.717, 1.165) is 12.3 Å². The molecule has 18 heavy (non-hydrogen) atoms.